The molecule has 0 aliphatic heterocycles. The normalized spacial score (nSPS) is 15.1. The molecule has 16 heavy (non-hydrogen) atoms. The van der Waals surface area contributed by atoms with Crippen LogP contribution in [0.3, 0.4) is 0 Å². The minimum absolute atomic E-state index is 0.288. The van der Waals surface area contributed by atoms with Crippen LogP contribution in [0.5, 0.6) is 0 Å². The van der Waals surface area contributed by atoms with Gasteiger partial charge in [0.25, 0.3) is 0 Å². The van der Waals surface area contributed by atoms with Crippen molar-refractivity contribution in [2.75, 3.05) is 6.54 Å². The number of aliphatic hydroxyl groups is 1. The zero-order valence-corrected chi connectivity index (χ0v) is 10.7. The summed E-state index contributed by atoms with van der Waals surface area (Å²) < 4.78 is 0. The van der Waals surface area contributed by atoms with E-state index in [0.717, 1.165) is 0 Å². The second-order valence-electron chi connectivity index (χ2n) is 4.80. The third-order valence-electron chi connectivity index (χ3n) is 2.82. The van der Waals surface area contributed by atoms with Crippen LogP contribution in [0.4, 0.5) is 0 Å². The number of hydrogen-bond donors (Lipinski definition) is 2. The fourth-order valence-electron chi connectivity index (χ4n) is 1.63. The Bertz CT molecular complexity index is 303. The Morgan fingerprint density at radius 3 is 1.94 bits per heavy atom. The van der Waals surface area contributed by atoms with Crippen molar-refractivity contribution in [2.24, 2.45) is 0 Å². The van der Waals surface area contributed by atoms with Gasteiger partial charge < -0.3 is 10.4 Å². The topological polar surface area (TPSA) is 32.3 Å². The Morgan fingerprint density at radius 1 is 1.00 bits per heavy atom. The molecule has 0 aromatic heterocycles. The van der Waals surface area contributed by atoms with E-state index in [-0.39, 0.29) is 12.1 Å². The average molecular weight is 221 g/mol. The monoisotopic (exact) mass is 221 g/mol. The van der Waals surface area contributed by atoms with Gasteiger partial charge in [-0.25, -0.2) is 0 Å². The Morgan fingerprint density at radius 2 is 1.50 bits per heavy atom. The van der Waals surface area contributed by atoms with Crippen LogP contribution in [-0.4, -0.2) is 17.8 Å². The summed E-state index contributed by atoms with van der Waals surface area (Å²) >= 11 is 0. The first-order chi connectivity index (χ1) is 7.50. The first-order valence-corrected chi connectivity index (χ1v) is 6.02. The number of rotatable bonds is 5. The van der Waals surface area contributed by atoms with Crippen LogP contribution < -0.4 is 5.32 Å². The maximum Gasteiger partial charge on any atom is 0.0636 e. The molecule has 0 aliphatic rings. The van der Waals surface area contributed by atoms with Gasteiger partial charge in [-0.1, -0.05) is 38.1 Å². The van der Waals surface area contributed by atoms with E-state index in [1.807, 2.05) is 0 Å². The first kappa shape index (κ1) is 13.2. The van der Waals surface area contributed by atoms with Gasteiger partial charge in [-0.05, 0) is 30.9 Å². The van der Waals surface area contributed by atoms with Crippen molar-refractivity contribution in [3.63, 3.8) is 0 Å². The Kier molecular flexibility index (Phi) is 4.97. The lowest BCUT2D eigenvalue weighted by Gasteiger charge is -2.16. The molecule has 0 spiro atoms. The van der Waals surface area contributed by atoms with Gasteiger partial charge in [0.2, 0.25) is 0 Å². The number of nitrogens with one attached hydrogen (secondary N) is 1. The molecular formula is C14H23NO. The second-order valence-corrected chi connectivity index (χ2v) is 4.80. The summed E-state index contributed by atoms with van der Waals surface area (Å²) in [6.45, 7) is 8.94. The molecule has 0 heterocycles. The lowest BCUT2D eigenvalue weighted by molar-refractivity contribution is 0.187. The van der Waals surface area contributed by atoms with Crippen molar-refractivity contribution < 1.29 is 5.11 Å². The molecule has 0 radical (unpaired) electrons. The first-order valence-electron chi connectivity index (χ1n) is 6.02. The van der Waals surface area contributed by atoms with Crippen LogP contribution in [0, 0.1) is 0 Å². The fourth-order valence-corrected chi connectivity index (χ4v) is 1.63. The fraction of sp³-hybridized carbons (Fsp3) is 0.571. The smallest absolute Gasteiger partial charge is 0.0636 e. The highest BCUT2D eigenvalue weighted by atomic mass is 16.3. The minimum atomic E-state index is -0.294. The average Bonchev–Trinajstić information content (AvgIpc) is 2.26. The van der Waals surface area contributed by atoms with Gasteiger partial charge in [-0.3, -0.25) is 0 Å². The molecule has 2 atom stereocenters. The number of benzene rings is 1. The van der Waals surface area contributed by atoms with E-state index in [0.29, 0.717) is 12.5 Å². The van der Waals surface area contributed by atoms with Crippen LogP contribution in [0.2, 0.25) is 0 Å². The van der Waals surface area contributed by atoms with Crippen molar-refractivity contribution in [1.82, 2.24) is 5.32 Å². The number of hydrogen-bond acceptors (Lipinski definition) is 2. The van der Waals surface area contributed by atoms with Crippen LogP contribution in [-0.2, 0) is 0 Å². The maximum absolute atomic E-state index is 9.20. The van der Waals surface area contributed by atoms with Gasteiger partial charge in [0.1, 0.15) is 0 Å². The van der Waals surface area contributed by atoms with E-state index in [9.17, 15) is 5.11 Å². The summed E-state index contributed by atoms with van der Waals surface area (Å²) in [6.07, 6.45) is -0.294. The van der Waals surface area contributed by atoms with E-state index in [2.05, 4.69) is 50.4 Å². The standard InChI is InChI=1S/C14H23NO/c1-10(2)13-5-7-14(8-6-13)12(4)15-9-11(3)16/h5-8,10-12,15-16H,9H2,1-4H3/t11-,12?/m0/s1. The predicted octanol–water partition coefficient (Wildman–Crippen LogP) is 2.84. The molecule has 2 N–H and O–H groups in total. The molecule has 0 saturated carbocycles. The van der Waals surface area contributed by atoms with Crippen molar-refractivity contribution >= 4 is 0 Å². The predicted molar refractivity (Wildman–Crippen MR) is 68.6 cm³/mol. The number of aliphatic hydroxyl groups excluding tert-OH is 1. The second kappa shape index (κ2) is 6.02. The molecule has 0 saturated heterocycles. The van der Waals surface area contributed by atoms with E-state index in [1.165, 1.54) is 11.1 Å². The van der Waals surface area contributed by atoms with Gasteiger partial charge in [0.15, 0.2) is 0 Å². The van der Waals surface area contributed by atoms with Crippen LogP contribution in [0.1, 0.15) is 50.8 Å². The van der Waals surface area contributed by atoms with E-state index >= 15 is 0 Å². The summed E-state index contributed by atoms with van der Waals surface area (Å²) in [7, 11) is 0. The van der Waals surface area contributed by atoms with Crippen molar-refractivity contribution in [3.05, 3.63) is 35.4 Å². The third-order valence-corrected chi connectivity index (χ3v) is 2.82. The summed E-state index contributed by atoms with van der Waals surface area (Å²) in [5.74, 6) is 0.578. The van der Waals surface area contributed by atoms with Gasteiger partial charge >= 0.3 is 0 Å². The SMILES string of the molecule is CC(C)c1ccc(C(C)NC[C@H](C)O)cc1. The molecule has 1 aromatic rings. The molecule has 1 rings (SSSR count). The van der Waals surface area contributed by atoms with Gasteiger partial charge in [-0.15, -0.1) is 0 Å². The maximum atomic E-state index is 9.20. The molecule has 0 aliphatic carbocycles. The zero-order valence-electron chi connectivity index (χ0n) is 10.7. The Labute approximate surface area is 98.7 Å². The van der Waals surface area contributed by atoms with Crippen LogP contribution >= 0.6 is 0 Å². The Hall–Kier alpha value is -0.860. The minimum Gasteiger partial charge on any atom is -0.392 e. The largest absolute Gasteiger partial charge is 0.392 e. The molecule has 2 heteroatoms. The molecule has 1 aromatic carbocycles. The van der Waals surface area contributed by atoms with Gasteiger partial charge in [0, 0.05) is 12.6 Å². The zero-order chi connectivity index (χ0) is 12.1. The third kappa shape index (κ3) is 3.95. The molecule has 0 fully saturated rings. The molecule has 0 bridgehead atoms. The highest BCUT2D eigenvalue weighted by Crippen LogP contribution is 2.18. The summed E-state index contributed by atoms with van der Waals surface area (Å²) in [4.78, 5) is 0. The van der Waals surface area contributed by atoms with Crippen molar-refractivity contribution in [2.45, 2.75) is 45.8 Å². The molecular weight excluding hydrogens is 198 g/mol. The van der Waals surface area contributed by atoms with Gasteiger partial charge in [-0.2, -0.15) is 0 Å². The lowest BCUT2D eigenvalue weighted by Crippen LogP contribution is -2.27. The van der Waals surface area contributed by atoms with Gasteiger partial charge in [0.05, 0.1) is 6.10 Å². The van der Waals surface area contributed by atoms with Crippen molar-refractivity contribution in [3.8, 4) is 0 Å². The summed E-state index contributed by atoms with van der Waals surface area (Å²) in [5.41, 5.74) is 2.64. The summed E-state index contributed by atoms with van der Waals surface area (Å²) in [6, 6.07) is 8.97. The van der Waals surface area contributed by atoms with Crippen LogP contribution in [0.15, 0.2) is 24.3 Å². The van der Waals surface area contributed by atoms with Crippen molar-refractivity contribution in [1.29, 1.82) is 0 Å². The Balaban J connectivity index is 2.59. The lowest BCUT2D eigenvalue weighted by atomic mass is 9.99. The van der Waals surface area contributed by atoms with Crippen LogP contribution in [0.25, 0.3) is 0 Å². The van der Waals surface area contributed by atoms with E-state index in [4.69, 9.17) is 0 Å². The molecule has 1 unspecified atom stereocenters. The molecule has 90 valence electrons. The van der Waals surface area contributed by atoms with E-state index in [1.54, 1.807) is 6.92 Å². The van der Waals surface area contributed by atoms with E-state index < -0.39 is 0 Å². The summed E-state index contributed by atoms with van der Waals surface area (Å²) in [5, 5.41) is 12.5. The highest BCUT2D eigenvalue weighted by Gasteiger charge is 2.06. The highest BCUT2D eigenvalue weighted by molar-refractivity contribution is 5.26. The molecule has 0 amide bonds. The molecule has 2 nitrogen and oxygen atoms in total. The quantitative estimate of drug-likeness (QED) is 0.801.